The van der Waals surface area contributed by atoms with Gasteiger partial charge < -0.3 is 14.4 Å². The maximum absolute atomic E-state index is 13.0. The van der Waals surface area contributed by atoms with E-state index in [9.17, 15) is 9.59 Å². The minimum atomic E-state index is -0.487. The first-order valence-electron chi connectivity index (χ1n) is 8.52. The van der Waals surface area contributed by atoms with Crippen molar-refractivity contribution in [2.24, 2.45) is 0 Å². The van der Waals surface area contributed by atoms with Crippen LogP contribution in [-0.2, 0) is 19.1 Å². The van der Waals surface area contributed by atoms with Gasteiger partial charge in [0.15, 0.2) is 0 Å². The second kappa shape index (κ2) is 7.23. The molecule has 132 valence electrons. The molecule has 1 atom stereocenters. The molecule has 0 saturated carbocycles. The lowest BCUT2D eigenvalue weighted by Crippen LogP contribution is -2.33. The Labute approximate surface area is 147 Å². The molecule has 5 nitrogen and oxygen atoms in total. The Balaban J connectivity index is 1.96. The van der Waals surface area contributed by atoms with E-state index in [1.807, 2.05) is 31.2 Å². The van der Waals surface area contributed by atoms with Crippen LogP contribution in [0.4, 0.5) is 0 Å². The zero-order valence-electron chi connectivity index (χ0n) is 14.9. The molecule has 0 radical (unpaired) electrons. The first-order valence-corrected chi connectivity index (χ1v) is 8.52. The normalized spacial score (nSPS) is 22.2. The Morgan fingerprint density at radius 3 is 2.64 bits per heavy atom. The van der Waals surface area contributed by atoms with Crippen molar-refractivity contribution in [1.82, 2.24) is 4.90 Å². The number of amides is 1. The van der Waals surface area contributed by atoms with Gasteiger partial charge in [-0.25, -0.2) is 4.79 Å². The molecular weight excluding hydrogens is 318 g/mol. The van der Waals surface area contributed by atoms with E-state index in [4.69, 9.17) is 9.47 Å². The highest BCUT2D eigenvalue weighted by molar-refractivity contribution is 6.16. The van der Waals surface area contributed by atoms with Gasteiger partial charge in [-0.15, -0.1) is 0 Å². The van der Waals surface area contributed by atoms with Crippen molar-refractivity contribution >= 4 is 18.0 Å². The molecule has 1 amide bonds. The summed E-state index contributed by atoms with van der Waals surface area (Å²) in [5.41, 5.74) is 3.37. The van der Waals surface area contributed by atoms with E-state index in [1.165, 1.54) is 7.11 Å². The molecule has 0 aromatic heterocycles. The molecule has 25 heavy (non-hydrogen) atoms. The number of aryl methyl sites for hydroxylation is 1. The van der Waals surface area contributed by atoms with Crippen LogP contribution >= 0.6 is 0 Å². The number of carbonyl (C=O) groups excluding carboxylic acids is 2. The molecule has 2 heterocycles. The zero-order valence-corrected chi connectivity index (χ0v) is 14.9. The summed E-state index contributed by atoms with van der Waals surface area (Å²) in [6.45, 7) is 4.99. The van der Waals surface area contributed by atoms with Gasteiger partial charge >= 0.3 is 5.97 Å². The Bertz CT molecular complexity index is 739. The number of hydrogen-bond acceptors (Lipinski definition) is 4. The van der Waals surface area contributed by atoms with Gasteiger partial charge in [-0.1, -0.05) is 29.8 Å². The molecule has 2 aliphatic heterocycles. The fourth-order valence-corrected chi connectivity index (χ4v) is 3.27. The summed E-state index contributed by atoms with van der Waals surface area (Å²) in [5, 5.41) is 0. The second-order valence-electron chi connectivity index (χ2n) is 6.47. The molecule has 0 N–H and O–H groups in total. The topological polar surface area (TPSA) is 55.8 Å². The zero-order chi connectivity index (χ0) is 18.0. The minimum Gasteiger partial charge on any atom is -0.465 e. The molecule has 0 spiro atoms. The van der Waals surface area contributed by atoms with Gasteiger partial charge in [-0.2, -0.15) is 0 Å². The Kier molecular flexibility index (Phi) is 5.04. The highest BCUT2D eigenvalue weighted by Gasteiger charge is 2.38. The lowest BCUT2D eigenvalue weighted by atomic mass is 10.0. The van der Waals surface area contributed by atoms with E-state index in [0.717, 1.165) is 30.6 Å². The fraction of sp³-hybridized carbons (Fsp3) is 0.400. The predicted octanol–water partition coefficient (Wildman–Crippen LogP) is 2.85. The van der Waals surface area contributed by atoms with Crippen LogP contribution in [0, 0.1) is 6.92 Å². The Morgan fingerprint density at radius 1 is 1.32 bits per heavy atom. The summed E-state index contributed by atoms with van der Waals surface area (Å²) < 4.78 is 10.6. The summed E-state index contributed by atoms with van der Waals surface area (Å²) in [4.78, 5) is 26.9. The van der Waals surface area contributed by atoms with E-state index in [2.05, 4.69) is 0 Å². The number of methoxy groups -OCH3 is 1. The fourth-order valence-electron chi connectivity index (χ4n) is 3.27. The number of rotatable bonds is 4. The second-order valence-corrected chi connectivity index (χ2v) is 6.47. The Hall–Kier alpha value is -2.40. The molecule has 2 aliphatic rings. The van der Waals surface area contributed by atoms with Crippen molar-refractivity contribution in [2.45, 2.75) is 32.8 Å². The van der Waals surface area contributed by atoms with Crippen LogP contribution in [0.25, 0.3) is 6.08 Å². The van der Waals surface area contributed by atoms with Gasteiger partial charge in [0.05, 0.1) is 30.9 Å². The number of nitrogens with zero attached hydrogens (tertiary/aromatic N) is 1. The monoisotopic (exact) mass is 341 g/mol. The Morgan fingerprint density at radius 2 is 2.04 bits per heavy atom. The molecule has 0 aliphatic carbocycles. The third-order valence-corrected chi connectivity index (χ3v) is 4.70. The van der Waals surface area contributed by atoms with E-state index in [0.29, 0.717) is 23.4 Å². The van der Waals surface area contributed by atoms with Gasteiger partial charge in [-0.3, -0.25) is 4.79 Å². The summed E-state index contributed by atoms with van der Waals surface area (Å²) in [6, 6.07) is 7.82. The van der Waals surface area contributed by atoms with Crippen LogP contribution in [0.1, 0.15) is 30.9 Å². The molecule has 5 heteroatoms. The number of hydrogen-bond donors (Lipinski definition) is 0. The highest BCUT2D eigenvalue weighted by Crippen LogP contribution is 2.32. The van der Waals surface area contributed by atoms with E-state index in [1.54, 1.807) is 17.9 Å². The highest BCUT2D eigenvalue weighted by atomic mass is 16.5. The maximum Gasteiger partial charge on any atom is 0.340 e. The van der Waals surface area contributed by atoms with Crippen LogP contribution < -0.4 is 0 Å². The van der Waals surface area contributed by atoms with Gasteiger partial charge in [0.2, 0.25) is 0 Å². The quantitative estimate of drug-likeness (QED) is 0.624. The van der Waals surface area contributed by atoms with Crippen molar-refractivity contribution in [1.29, 1.82) is 0 Å². The van der Waals surface area contributed by atoms with Gasteiger partial charge in [-0.05, 0) is 38.3 Å². The summed E-state index contributed by atoms with van der Waals surface area (Å²) in [7, 11) is 1.33. The van der Waals surface area contributed by atoms with Crippen molar-refractivity contribution in [3.05, 3.63) is 52.2 Å². The van der Waals surface area contributed by atoms with Gasteiger partial charge in [0.1, 0.15) is 0 Å². The molecule has 1 unspecified atom stereocenters. The molecule has 1 aromatic rings. The lowest BCUT2D eigenvalue weighted by molar-refractivity contribution is -0.136. The summed E-state index contributed by atoms with van der Waals surface area (Å²) in [5.74, 6) is -0.659. The smallest absolute Gasteiger partial charge is 0.340 e. The maximum atomic E-state index is 13.0. The first kappa shape index (κ1) is 17.4. The first-order chi connectivity index (χ1) is 12.0. The summed E-state index contributed by atoms with van der Waals surface area (Å²) in [6.07, 6.45) is 3.72. The van der Waals surface area contributed by atoms with Crippen molar-refractivity contribution in [3.63, 3.8) is 0 Å². The van der Waals surface area contributed by atoms with E-state index < -0.39 is 5.97 Å². The molecule has 0 bridgehead atoms. The van der Waals surface area contributed by atoms with Gasteiger partial charge in [0, 0.05) is 12.3 Å². The third-order valence-electron chi connectivity index (χ3n) is 4.70. The number of carbonyl (C=O) groups is 2. The van der Waals surface area contributed by atoms with Crippen LogP contribution in [-0.4, -0.2) is 43.1 Å². The van der Waals surface area contributed by atoms with Crippen molar-refractivity contribution < 1.29 is 19.1 Å². The van der Waals surface area contributed by atoms with Crippen molar-refractivity contribution in [2.75, 3.05) is 20.3 Å². The number of allylic oxidation sites excluding steroid dienone is 1. The molecular formula is C20H23NO4. The van der Waals surface area contributed by atoms with Crippen LogP contribution in [0.5, 0.6) is 0 Å². The largest absolute Gasteiger partial charge is 0.465 e. The van der Waals surface area contributed by atoms with E-state index >= 15 is 0 Å². The number of benzene rings is 1. The third kappa shape index (κ3) is 3.51. The average molecular weight is 341 g/mol. The standard InChI is InChI=1S/C20H23NO4/c1-13-6-8-15(9-7-13)11-17-18(20(23)24-3)14(2)21(19(17)22)12-16-5-4-10-25-16/h6-9,11,16H,4-5,10,12H2,1-3H3/b17-11-. The van der Waals surface area contributed by atoms with Crippen LogP contribution in [0.15, 0.2) is 41.1 Å². The van der Waals surface area contributed by atoms with Gasteiger partial charge in [0.25, 0.3) is 5.91 Å². The van der Waals surface area contributed by atoms with Crippen LogP contribution in [0.2, 0.25) is 0 Å². The van der Waals surface area contributed by atoms with E-state index in [-0.39, 0.29) is 12.0 Å². The predicted molar refractivity (Wildman–Crippen MR) is 94.6 cm³/mol. The lowest BCUT2D eigenvalue weighted by Gasteiger charge is -2.21. The number of esters is 1. The van der Waals surface area contributed by atoms with Crippen molar-refractivity contribution in [3.8, 4) is 0 Å². The molecule has 1 saturated heterocycles. The minimum absolute atomic E-state index is 0.0246. The summed E-state index contributed by atoms with van der Waals surface area (Å²) >= 11 is 0. The average Bonchev–Trinajstić information content (AvgIpc) is 3.19. The molecule has 3 rings (SSSR count). The molecule has 1 fully saturated rings. The van der Waals surface area contributed by atoms with Crippen LogP contribution in [0.3, 0.4) is 0 Å². The SMILES string of the molecule is COC(=O)C1=C(C)N(CC2CCCO2)C(=O)/C1=C\c1ccc(C)cc1. The molecule has 1 aromatic carbocycles. The number of ether oxygens (including phenoxy) is 2.